The van der Waals surface area contributed by atoms with Gasteiger partial charge in [0.25, 0.3) is 0 Å². The molecule has 0 aliphatic carbocycles. The van der Waals surface area contributed by atoms with Crippen LogP contribution in [-0.4, -0.2) is 54.3 Å². The van der Waals surface area contributed by atoms with E-state index in [-0.39, 0.29) is 0 Å². The first-order valence-corrected chi connectivity index (χ1v) is 10.8. The van der Waals surface area contributed by atoms with E-state index in [4.69, 9.17) is 0 Å². The van der Waals surface area contributed by atoms with Crippen molar-refractivity contribution in [2.45, 2.75) is 44.9 Å². The van der Waals surface area contributed by atoms with Crippen LogP contribution in [0.1, 0.15) is 30.9 Å². The molecule has 3 N–H and O–H groups in total. The zero-order chi connectivity index (χ0) is 20.3. The van der Waals surface area contributed by atoms with Gasteiger partial charge in [0.1, 0.15) is 0 Å². The van der Waals surface area contributed by atoms with Gasteiger partial charge in [-0.1, -0.05) is 60.7 Å². The number of aliphatic hydroxyl groups is 1. The van der Waals surface area contributed by atoms with Crippen molar-refractivity contribution in [2.24, 2.45) is 4.99 Å². The number of hydrogen-bond donors (Lipinski definition) is 3. The molecule has 5 nitrogen and oxygen atoms in total. The minimum Gasteiger partial charge on any atom is -0.391 e. The van der Waals surface area contributed by atoms with Gasteiger partial charge in [0.05, 0.1) is 12.6 Å². The first-order chi connectivity index (χ1) is 14.2. The molecule has 29 heavy (non-hydrogen) atoms. The van der Waals surface area contributed by atoms with Gasteiger partial charge >= 0.3 is 0 Å². The maximum absolute atomic E-state index is 10.3. The second-order valence-electron chi connectivity index (χ2n) is 7.74. The normalized spacial score (nSPS) is 17.1. The van der Waals surface area contributed by atoms with Crippen molar-refractivity contribution in [2.75, 3.05) is 26.2 Å². The van der Waals surface area contributed by atoms with E-state index in [0.717, 1.165) is 50.5 Å². The van der Waals surface area contributed by atoms with Crippen LogP contribution in [0.5, 0.6) is 0 Å². The number of aliphatic hydroxyl groups excluding tert-OH is 1. The lowest BCUT2D eigenvalue weighted by Gasteiger charge is -2.33. The van der Waals surface area contributed by atoms with Crippen LogP contribution in [0.4, 0.5) is 0 Å². The number of benzene rings is 2. The lowest BCUT2D eigenvalue weighted by atomic mass is 10.0. The van der Waals surface area contributed by atoms with E-state index in [1.54, 1.807) is 0 Å². The third kappa shape index (κ3) is 7.52. The molecule has 2 aromatic carbocycles. The van der Waals surface area contributed by atoms with Crippen molar-refractivity contribution in [3.05, 3.63) is 71.8 Å². The Morgan fingerprint density at radius 1 is 1.03 bits per heavy atom. The van der Waals surface area contributed by atoms with Crippen LogP contribution in [0, 0.1) is 0 Å². The van der Waals surface area contributed by atoms with Gasteiger partial charge in [0.15, 0.2) is 5.96 Å². The molecule has 1 heterocycles. The summed E-state index contributed by atoms with van der Waals surface area (Å²) in [6.45, 7) is 6.48. The van der Waals surface area contributed by atoms with Crippen molar-refractivity contribution in [1.82, 2.24) is 15.5 Å². The average Bonchev–Trinajstić information content (AvgIpc) is 2.75. The summed E-state index contributed by atoms with van der Waals surface area (Å²) in [6, 6.07) is 21.2. The fourth-order valence-electron chi connectivity index (χ4n) is 3.74. The summed E-state index contributed by atoms with van der Waals surface area (Å²) in [5.41, 5.74) is 2.51. The summed E-state index contributed by atoms with van der Waals surface area (Å²) in [5.74, 6) is 0.807. The fourth-order valence-corrected chi connectivity index (χ4v) is 3.74. The molecular formula is C24H34N4O. The Bertz CT molecular complexity index is 727. The molecule has 0 radical (unpaired) electrons. The van der Waals surface area contributed by atoms with Crippen molar-refractivity contribution in [3.8, 4) is 0 Å². The molecule has 0 bridgehead atoms. The van der Waals surface area contributed by atoms with Gasteiger partial charge in [-0.15, -0.1) is 0 Å². The molecular weight excluding hydrogens is 360 g/mol. The quantitative estimate of drug-likeness (QED) is 0.476. The van der Waals surface area contributed by atoms with Crippen molar-refractivity contribution < 1.29 is 5.11 Å². The van der Waals surface area contributed by atoms with E-state index < -0.39 is 6.10 Å². The van der Waals surface area contributed by atoms with Crippen LogP contribution in [-0.2, 0) is 13.0 Å². The van der Waals surface area contributed by atoms with Crippen LogP contribution in [0.25, 0.3) is 0 Å². The van der Waals surface area contributed by atoms with Crippen LogP contribution in [0.15, 0.2) is 65.7 Å². The van der Waals surface area contributed by atoms with Crippen LogP contribution in [0.3, 0.4) is 0 Å². The molecule has 1 aliphatic rings. The number of nitrogens with zero attached hydrogens (tertiary/aromatic N) is 2. The van der Waals surface area contributed by atoms with Crippen molar-refractivity contribution in [1.29, 1.82) is 0 Å². The molecule has 5 heteroatoms. The topological polar surface area (TPSA) is 59.9 Å². The third-order valence-corrected chi connectivity index (χ3v) is 5.30. The van der Waals surface area contributed by atoms with Gasteiger partial charge in [-0.25, -0.2) is 0 Å². The number of nitrogens with one attached hydrogen (secondary N) is 2. The van der Waals surface area contributed by atoms with E-state index in [2.05, 4.69) is 57.8 Å². The molecule has 156 valence electrons. The smallest absolute Gasteiger partial charge is 0.191 e. The van der Waals surface area contributed by atoms with Gasteiger partial charge < -0.3 is 15.7 Å². The largest absolute Gasteiger partial charge is 0.391 e. The molecule has 1 atom stereocenters. The first kappa shape index (κ1) is 21.3. The summed E-state index contributed by atoms with van der Waals surface area (Å²) in [7, 11) is 0. The van der Waals surface area contributed by atoms with Gasteiger partial charge in [-0.05, 0) is 30.9 Å². The molecule has 0 spiro atoms. The number of likely N-dealkylation sites (tertiary alicyclic amines) is 1. The SMILES string of the molecule is CCNC(=NCC(O)Cc1ccccc1)NC1CCN(Cc2ccccc2)CC1. The van der Waals surface area contributed by atoms with Gasteiger partial charge in [0, 0.05) is 38.6 Å². The molecule has 2 aromatic rings. The Morgan fingerprint density at radius 3 is 2.28 bits per heavy atom. The second kappa shape index (κ2) is 11.6. The summed E-state index contributed by atoms with van der Waals surface area (Å²) in [5, 5.41) is 17.2. The highest BCUT2D eigenvalue weighted by Gasteiger charge is 2.20. The number of piperidine rings is 1. The highest BCUT2D eigenvalue weighted by atomic mass is 16.3. The lowest BCUT2D eigenvalue weighted by Crippen LogP contribution is -2.48. The molecule has 0 aromatic heterocycles. The Balaban J connectivity index is 1.44. The van der Waals surface area contributed by atoms with E-state index in [9.17, 15) is 5.11 Å². The molecule has 0 saturated carbocycles. The maximum Gasteiger partial charge on any atom is 0.191 e. The van der Waals surface area contributed by atoms with E-state index in [0.29, 0.717) is 19.0 Å². The minimum atomic E-state index is -0.472. The Morgan fingerprint density at radius 2 is 1.66 bits per heavy atom. The second-order valence-corrected chi connectivity index (χ2v) is 7.74. The van der Waals surface area contributed by atoms with E-state index in [1.807, 2.05) is 30.3 Å². The zero-order valence-corrected chi connectivity index (χ0v) is 17.4. The van der Waals surface area contributed by atoms with Gasteiger partial charge in [-0.2, -0.15) is 0 Å². The van der Waals surface area contributed by atoms with Crippen molar-refractivity contribution in [3.63, 3.8) is 0 Å². The number of rotatable bonds is 8. The standard InChI is InChI=1S/C24H34N4O/c1-2-25-24(26-18-23(29)17-20-9-5-3-6-10-20)27-22-13-15-28(16-14-22)19-21-11-7-4-8-12-21/h3-12,22-23,29H,2,13-19H2,1H3,(H2,25,26,27). The number of hydrogen-bond acceptors (Lipinski definition) is 3. The molecule has 1 fully saturated rings. The van der Waals surface area contributed by atoms with Gasteiger partial charge in [0.2, 0.25) is 0 Å². The lowest BCUT2D eigenvalue weighted by molar-refractivity contribution is 0.183. The van der Waals surface area contributed by atoms with Crippen LogP contribution < -0.4 is 10.6 Å². The maximum atomic E-state index is 10.3. The summed E-state index contributed by atoms with van der Waals surface area (Å²) in [6.07, 6.45) is 2.36. The molecule has 1 unspecified atom stereocenters. The Labute approximate surface area is 174 Å². The van der Waals surface area contributed by atoms with Crippen LogP contribution >= 0.6 is 0 Å². The summed E-state index contributed by atoms with van der Waals surface area (Å²) >= 11 is 0. The summed E-state index contributed by atoms with van der Waals surface area (Å²) < 4.78 is 0. The van der Waals surface area contributed by atoms with E-state index in [1.165, 1.54) is 5.56 Å². The summed E-state index contributed by atoms with van der Waals surface area (Å²) in [4.78, 5) is 7.14. The highest BCUT2D eigenvalue weighted by Crippen LogP contribution is 2.14. The number of guanidine groups is 1. The monoisotopic (exact) mass is 394 g/mol. The Kier molecular flexibility index (Phi) is 8.53. The zero-order valence-electron chi connectivity index (χ0n) is 17.4. The highest BCUT2D eigenvalue weighted by molar-refractivity contribution is 5.80. The average molecular weight is 395 g/mol. The fraction of sp³-hybridized carbons (Fsp3) is 0.458. The number of aliphatic imine (C=N–C) groups is 1. The Hall–Kier alpha value is -2.37. The molecule has 1 saturated heterocycles. The van der Waals surface area contributed by atoms with Gasteiger partial charge in [-0.3, -0.25) is 9.89 Å². The van der Waals surface area contributed by atoms with E-state index >= 15 is 0 Å². The minimum absolute atomic E-state index is 0.400. The predicted molar refractivity (Wildman–Crippen MR) is 120 cm³/mol. The molecule has 1 aliphatic heterocycles. The van der Waals surface area contributed by atoms with Crippen molar-refractivity contribution >= 4 is 5.96 Å². The molecule has 0 amide bonds. The molecule has 3 rings (SSSR count). The third-order valence-electron chi connectivity index (χ3n) is 5.30. The first-order valence-electron chi connectivity index (χ1n) is 10.8. The predicted octanol–water partition coefficient (Wildman–Crippen LogP) is 2.81. The van der Waals surface area contributed by atoms with Crippen LogP contribution in [0.2, 0.25) is 0 Å².